The molecule has 2 aliphatic carbocycles. The van der Waals surface area contributed by atoms with Crippen LogP contribution in [-0.2, 0) is 12.8 Å². The second kappa shape index (κ2) is 6.42. The molecule has 1 atom stereocenters. The molecule has 128 valence electrons. The summed E-state index contributed by atoms with van der Waals surface area (Å²) in [5.74, 6) is -0.0550. The second-order valence-corrected chi connectivity index (χ2v) is 7.15. The molecule has 2 aromatic rings. The maximum absolute atomic E-state index is 12.6. The van der Waals surface area contributed by atoms with Gasteiger partial charge in [-0.25, -0.2) is 4.98 Å². The Bertz CT molecular complexity index is 726. The van der Waals surface area contributed by atoms with Gasteiger partial charge in [-0.15, -0.1) is 0 Å². The zero-order valence-corrected chi connectivity index (χ0v) is 14.2. The van der Waals surface area contributed by atoms with Gasteiger partial charge in [-0.2, -0.15) is 5.10 Å². The molecule has 4 rings (SSSR count). The first kappa shape index (κ1) is 15.4. The molecule has 2 N–H and O–H groups in total. The highest BCUT2D eigenvalue weighted by atomic mass is 16.2. The van der Waals surface area contributed by atoms with Gasteiger partial charge in [0.1, 0.15) is 5.69 Å². The lowest BCUT2D eigenvalue weighted by atomic mass is 9.95. The lowest BCUT2D eigenvalue weighted by molar-refractivity contribution is 0.0927. The largest absolute Gasteiger partial charge is 0.348 e. The van der Waals surface area contributed by atoms with Crippen LogP contribution in [0.1, 0.15) is 72.1 Å². The molecular formula is C18H25N5O. The van der Waals surface area contributed by atoms with Gasteiger partial charge in [-0.05, 0) is 38.7 Å². The molecule has 0 aromatic carbocycles. The predicted molar refractivity (Wildman–Crippen MR) is 91.0 cm³/mol. The fourth-order valence-electron chi connectivity index (χ4n) is 4.08. The van der Waals surface area contributed by atoms with Gasteiger partial charge >= 0.3 is 0 Å². The number of aromatic amines is 1. The van der Waals surface area contributed by atoms with Crippen molar-refractivity contribution >= 4 is 5.91 Å². The minimum absolute atomic E-state index is 0.0550. The zero-order chi connectivity index (χ0) is 16.5. The molecule has 6 heteroatoms. The molecule has 0 radical (unpaired) electrons. The molecule has 2 aliphatic rings. The number of nitrogens with one attached hydrogen (secondary N) is 2. The molecule has 1 amide bonds. The highest BCUT2D eigenvalue weighted by Crippen LogP contribution is 2.28. The lowest BCUT2D eigenvalue weighted by Crippen LogP contribution is -2.39. The third-order valence-electron chi connectivity index (χ3n) is 5.40. The minimum atomic E-state index is -0.0550. The summed E-state index contributed by atoms with van der Waals surface area (Å²) in [6.45, 7) is 2.05. The van der Waals surface area contributed by atoms with Crippen molar-refractivity contribution < 1.29 is 4.79 Å². The third-order valence-corrected chi connectivity index (χ3v) is 5.40. The first-order chi connectivity index (χ1) is 11.7. The standard InChI is InChI=1S/C18H25N5O/c1-12-9-17(22-23(12)14-5-3-2-4-6-14)18(24)21-13-7-8-15-16(10-13)20-11-19-15/h9,11,13-14H,2-8,10H2,1H3,(H,19,20)(H,21,24). The average molecular weight is 327 g/mol. The van der Waals surface area contributed by atoms with Crippen LogP contribution in [0.15, 0.2) is 12.4 Å². The van der Waals surface area contributed by atoms with Crippen LogP contribution in [0, 0.1) is 6.92 Å². The maximum Gasteiger partial charge on any atom is 0.272 e. The van der Waals surface area contributed by atoms with Crippen molar-refractivity contribution in [2.45, 2.75) is 70.4 Å². The molecule has 1 unspecified atom stereocenters. The van der Waals surface area contributed by atoms with Gasteiger partial charge in [0.05, 0.1) is 18.1 Å². The van der Waals surface area contributed by atoms with Gasteiger partial charge in [0.2, 0.25) is 0 Å². The fourth-order valence-corrected chi connectivity index (χ4v) is 4.08. The highest BCUT2D eigenvalue weighted by molar-refractivity contribution is 5.92. The number of rotatable bonds is 3. The predicted octanol–water partition coefficient (Wildman–Crippen LogP) is 2.71. The molecule has 1 saturated carbocycles. The number of aromatic nitrogens is 4. The number of imidazole rings is 1. The molecule has 1 fully saturated rings. The normalized spacial score (nSPS) is 21.5. The summed E-state index contributed by atoms with van der Waals surface area (Å²) in [7, 11) is 0. The first-order valence-electron chi connectivity index (χ1n) is 9.09. The summed E-state index contributed by atoms with van der Waals surface area (Å²) in [6.07, 6.45) is 10.6. The SMILES string of the molecule is Cc1cc(C(=O)NC2CCc3nc[nH]c3C2)nn1C1CCCCC1. The van der Waals surface area contributed by atoms with E-state index in [-0.39, 0.29) is 11.9 Å². The van der Waals surface area contributed by atoms with E-state index in [9.17, 15) is 4.79 Å². The van der Waals surface area contributed by atoms with E-state index < -0.39 is 0 Å². The van der Waals surface area contributed by atoms with Crippen LogP contribution in [0.2, 0.25) is 0 Å². The maximum atomic E-state index is 12.6. The monoisotopic (exact) mass is 327 g/mol. The van der Waals surface area contributed by atoms with Gasteiger partial charge in [-0.1, -0.05) is 19.3 Å². The number of amides is 1. The smallest absolute Gasteiger partial charge is 0.272 e. The van der Waals surface area contributed by atoms with Crippen molar-refractivity contribution in [2.75, 3.05) is 0 Å². The molecule has 0 saturated heterocycles. The van der Waals surface area contributed by atoms with E-state index >= 15 is 0 Å². The minimum Gasteiger partial charge on any atom is -0.348 e. The van der Waals surface area contributed by atoms with Gasteiger partial charge in [0.15, 0.2) is 0 Å². The van der Waals surface area contributed by atoms with E-state index in [1.54, 1.807) is 6.33 Å². The highest BCUT2D eigenvalue weighted by Gasteiger charge is 2.25. The number of hydrogen-bond donors (Lipinski definition) is 2. The quantitative estimate of drug-likeness (QED) is 0.910. The van der Waals surface area contributed by atoms with Gasteiger partial charge in [0.25, 0.3) is 5.91 Å². The van der Waals surface area contributed by atoms with Crippen LogP contribution in [-0.4, -0.2) is 31.7 Å². The lowest BCUT2D eigenvalue weighted by Gasteiger charge is -2.23. The molecule has 0 bridgehead atoms. The van der Waals surface area contributed by atoms with Crippen molar-refractivity contribution in [2.24, 2.45) is 0 Å². The van der Waals surface area contributed by atoms with Crippen LogP contribution in [0.3, 0.4) is 0 Å². The molecule has 0 aliphatic heterocycles. The second-order valence-electron chi connectivity index (χ2n) is 7.15. The summed E-state index contributed by atoms with van der Waals surface area (Å²) in [4.78, 5) is 20.1. The summed E-state index contributed by atoms with van der Waals surface area (Å²) in [5.41, 5.74) is 3.92. The number of H-pyrrole nitrogens is 1. The van der Waals surface area contributed by atoms with Crippen LogP contribution >= 0.6 is 0 Å². The number of nitrogens with zero attached hydrogens (tertiary/aromatic N) is 3. The van der Waals surface area contributed by atoms with Gasteiger partial charge in [-0.3, -0.25) is 9.48 Å². The van der Waals surface area contributed by atoms with Crippen LogP contribution in [0.5, 0.6) is 0 Å². The van der Waals surface area contributed by atoms with Crippen LogP contribution < -0.4 is 5.32 Å². The average Bonchev–Trinajstić information content (AvgIpc) is 3.21. The van der Waals surface area contributed by atoms with E-state index in [1.807, 2.05) is 6.07 Å². The molecule has 0 spiro atoms. The van der Waals surface area contributed by atoms with Crippen molar-refractivity contribution in [1.29, 1.82) is 0 Å². The summed E-state index contributed by atoms with van der Waals surface area (Å²) < 4.78 is 2.07. The molecule has 2 heterocycles. The van der Waals surface area contributed by atoms with E-state index in [1.165, 1.54) is 32.1 Å². The summed E-state index contributed by atoms with van der Waals surface area (Å²) in [5, 5.41) is 7.76. The van der Waals surface area contributed by atoms with Crippen LogP contribution in [0.4, 0.5) is 0 Å². The molecule has 24 heavy (non-hydrogen) atoms. The Morgan fingerprint density at radius 2 is 2.12 bits per heavy atom. The Morgan fingerprint density at radius 1 is 1.29 bits per heavy atom. The van der Waals surface area contributed by atoms with E-state index in [0.717, 1.165) is 36.3 Å². The van der Waals surface area contributed by atoms with Gasteiger partial charge in [0, 0.05) is 23.9 Å². The van der Waals surface area contributed by atoms with Crippen LogP contribution in [0.25, 0.3) is 0 Å². The zero-order valence-electron chi connectivity index (χ0n) is 14.2. The molecular weight excluding hydrogens is 302 g/mol. The first-order valence-corrected chi connectivity index (χ1v) is 9.09. The van der Waals surface area contributed by atoms with Gasteiger partial charge < -0.3 is 10.3 Å². The number of carbonyl (C=O) groups is 1. The Balaban J connectivity index is 1.43. The number of aryl methyl sites for hydroxylation is 2. The Morgan fingerprint density at radius 3 is 2.96 bits per heavy atom. The summed E-state index contributed by atoms with van der Waals surface area (Å²) >= 11 is 0. The summed E-state index contributed by atoms with van der Waals surface area (Å²) in [6, 6.07) is 2.54. The topological polar surface area (TPSA) is 75.6 Å². The fraction of sp³-hybridized carbons (Fsp3) is 0.611. The third kappa shape index (κ3) is 2.97. The number of hydrogen-bond acceptors (Lipinski definition) is 3. The Kier molecular flexibility index (Phi) is 4.12. The Hall–Kier alpha value is -2.11. The molecule has 2 aromatic heterocycles. The number of carbonyl (C=O) groups excluding carboxylic acids is 1. The van der Waals surface area contributed by atoms with Crippen molar-refractivity contribution in [1.82, 2.24) is 25.1 Å². The van der Waals surface area contributed by atoms with E-state index in [2.05, 4.69) is 32.0 Å². The van der Waals surface area contributed by atoms with E-state index in [0.29, 0.717) is 11.7 Å². The molecule has 6 nitrogen and oxygen atoms in total. The van der Waals surface area contributed by atoms with Crippen molar-refractivity contribution in [3.63, 3.8) is 0 Å². The van der Waals surface area contributed by atoms with Crippen molar-refractivity contribution in [3.05, 3.63) is 35.2 Å². The number of fused-ring (bicyclic) bond motifs is 1. The Labute approximate surface area is 142 Å². The van der Waals surface area contributed by atoms with E-state index in [4.69, 9.17) is 0 Å². The van der Waals surface area contributed by atoms with Crippen molar-refractivity contribution in [3.8, 4) is 0 Å².